The first-order valence-corrected chi connectivity index (χ1v) is 6.65. The minimum Gasteiger partial charge on any atom is -0.245 e. The first-order chi connectivity index (χ1) is 7.42. The van der Waals surface area contributed by atoms with Gasteiger partial charge in [0.05, 0.1) is 15.4 Å². The Labute approximate surface area is 101 Å². The van der Waals surface area contributed by atoms with Crippen molar-refractivity contribution in [2.24, 2.45) is 11.3 Å². The van der Waals surface area contributed by atoms with Crippen LogP contribution in [-0.4, -0.2) is 4.98 Å². The van der Waals surface area contributed by atoms with Gasteiger partial charge in [-0.3, -0.25) is 0 Å². The average Bonchev–Trinajstić information content (AvgIpc) is 2.56. The van der Waals surface area contributed by atoms with Gasteiger partial charge >= 0.3 is 0 Å². The number of nitrogens with zero attached hydrogens (tertiary/aromatic N) is 1. The van der Waals surface area contributed by atoms with Crippen molar-refractivity contribution < 1.29 is 0 Å². The van der Waals surface area contributed by atoms with E-state index in [-0.39, 0.29) is 5.41 Å². The van der Waals surface area contributed by atoms with E-state index in [2.05, 4.69) is 51.8 Å². The highest BCUT2D eigenvalue weighted by atomic mass is 32.1. The standard InChI is InChI=1S/C14H19NS/c1-9(2)11-6-12-13(16-8-15-12)7-14(4,5)10(11)3/h6-9H,1-5H3. The number of fused-ring (bicyclic) bond motifs is 1. The van der Waals surface area contributed by atoms with E-state index in [1.807, 2.05) is 5.51 Å². The highest BCUT2D eigenvalue weighted by molar-refractivity contribution is 7.07. The number of allylic oxidation sites excluding steroid dienone is 2. The van der Waals surface area contributed by atoms with Crippen molar-refractivity contribution in [3.8, 4) is 0 Å². The first-order valence-electron chi connectivity index (χ1n) is 5.77. The molecule has 0 spiro atoms. The van der Waals surface area contributed by atoms with Gasteiger partial charge in [0.2, 0.25) is 0 Å². The molecule has 1 aliphatic carbocycles. The Kier molecular flexibility index (Phi) is 2.79. The minimum absolute atomic E-state index is 0.133. The molecule has 1 heterocycles. The number of rotatable bonds is 1. The largest absolute Gasteiger partial charge is 0.245 e. The summed E-state index contributed by atoms with van der Waals surface area (Å²) in [5.41, 5.74) is 4.97. The zero-order valence-corrected chi connectivity index (χ0v) is 11.5. The van der Waals surface area contributed by atoms with E-state index >= 15 is 0 Å². The quantitative estimate of drug-likeness (QED) is 0.727. The van der Waals surface area contributed by atoms with Crippen LogP contribution in [0.15, 0.2) is 16.7 Å². The lowest BCUT2D eigenvalue weighted by atomic mass is 9.80. The Morgan fingerprint density at radius 1 is 1.31 bits per heavy atom. The van der Waals surface area contributed by atoms with Crippen molar-refractivity contribution >= 4 is 23.5 Å². The van der Waals surface area contributed by atoms with E-state index in [1.54, 1.807) is 11.3 Å². The molecule has 0 saturated carbocycles. The van der Waals surface area contributed by atoms with Crippen LogP contribution in [0.4, 0.5) is 0 Å². The molecule has 0 radical (unpaired) electrons. The van der Waals surface area contributed by atoms with Gasteiger partial charge in [0, 0.05) is 5.41 Å². The lowest BCUT2D eigenvalue weighted by molar-refractivity contribution is 0.602. The Hall–Kier alpha value is -0.890. The lowest BCUT2D eigenvalue weighted by Gasteiger charge is -2.24. The van der Waals surface area contributed by atoms with Crippen LogP contribution in [-0.2, 0) is 0 Å². The molecular formula is C14H19NS. The zero-order valence-electron chi connectivity index (χ0n) is 10.7. The van der Waals surface area contributed by atoms with Crippen LogP contribution in [0, 0.1) is 11.3 Å². The van der Waals surface area contributed by atoms with Crippen LogP contribution in [0.5, 0.6) is 0 Å². The molecule has 1 aliphatic rings. The molecule has 0 aliphatic heterocycles. The highest BCUT2D eigenvalue weighted by Gasteiger charge is 2.23. The van der Waals surface area contributed by atoms with Crippen molar-refractivity contribution in [1.82, 2.24) is 4.98 Å². The molecule has 0 amide bonds. The molecule has 86 valence electrons. The Morgan fingerprint density at radius 2 is 2.00 bits per heavy atom. The highest BCUT2D eigenvalue weighted by Crippen LogP contribution is 2.34. The van der Waals surface area contributed by atoms with Gasteiger partial charge in [0.15, 0.2) is 0 Å². The Balaban J connectivity index is 2.78. The fraction of sp³-hybridized carbons (Fsp3) is 0.500. The molecule has 2 rings (SSSR count). The van der Waals surface area contributed by atoms with Crippen molar-refractivity contribution in [3.05, 3.63) is 26.5 Å². The summed E-state index contributed by atoms with van der Waals surface area (Å²) in [5.74, 6) is 0.556. The summed E-state index contributed by atoms with van der Waals surface area (Å²) < 4.78 is 1.31. The van der Waals surface area contributed by atoms with Crippen molar-refractivity contribution in [2.75, 3.05) is 0 Å². The molecule has 1 nitrogen and oxygen atoms in total. The molecule has 0 saturated heterocycles. The molecule has 0 unspecified atom stereocenters. The summed E-state index contributed by atoms with van der Waals surface area (Å²) in [7, 11) is 0. The van der Waals surface area contributed by atoms with E-state index < -0.39 is 0 Å². The van der Waals surface area contributed by atoms with Gasteiger partial charge in [-0.2, -0.15) is 0 Å². The molecule has 1 aromatic rings. The van der Waals surface area contributed by atoms with Gasteiger partial charge in [0.1, 0.15) is 0 Å². The molecule has 0 N–H and O–H groups in total. The fourth-order valence-electron chi connectivity index (χ4n) is 2.14. The minimum atomic E-state index is 0.133. The van der Waals surface area contributed by atoms with E-state index in [9.17, 15) is 0 Å². The number of aromatic nitrogens is 1. The van der Waals surface area contributed by atoms with Crippen molar-refractivity contribution in [1.29, 1.82) is 0 Å². The Morgan fingerprint density at radius 3 is 2.62 bits per heavy atom. The summed E-state index contributed by atoms with van der Waals surface area (Å²) in [4.78, 5) is 4.45. The number of hydrogen-bond acceptors (Lipinski definition) is 2. The fourth-order valence-corrected chi connectivity index (χ4v) is 3.02. The summed E-state index contributed by atoms with van der Waals surface area (Å²) in [5, 5.41) is 1.14. The predicted octanol–water partition coefficient (Wildman–Crippen LogP) is 2.72. The first kappa shape index (κ1) is 11.6. The van der Waals surface area contributed by atoms with Crippen molar-refractivity contribution in [2.45, 2.75) is 34.6 Å². The predicted molar refractivity (Wildman–Crippen MR) is 71.6 cm³/mol. The van der Waals surface area contributed by atoms with Crippen molar-refractivity contribution in [3.63, 3.8) is 0 Å². The maximum Gasteiger partial charge on any atom is 0.0811 e. The monoisotopic (exact) mass is 233 g/mol. The number of hydrogen-bond donors (Lipinski definition) is 0. The molecular weight excluding hydrogens is 214 g/mol. The van der Waals surface area contributed by atoms with Gasteiger partial charge in [-0.05, 0) is 24.5 Å². The topological polar surface area (TPSA) is 12.9 Å². The van der Waals surface area contributed by atoms with Crippen LogP contribution in [0.3, 0.4) is 0 Å². The van der Waals surface area contributed by atoms with Gasteiger partial charge in [-0.1, -0.05) is 39.3 Å². The van der Waals surface area contributed by atoms with Gasteiger partial charge in [0.25, 0.3) is 0 Å². The molecule has 1 aromatic heterocycles. The van der Waals surface area contributed by atoms with Crippen LogP contribution in [0.25, 0.3) is 12.2 Å². The second kappa shape index (κ2) is 3.85. The third kappa shape index (κ3) is 1.86. The van der Waals surface area contributed by atoms with E-state index in [0.717, 1.165) is 5.35 Å². The van der Waals surface area contributed by atoms with E-state index in [4.69, 9.17) is 0 Å². The molecule has 0 fully saturated rings. The second-order valence-electron chi connectivity index (χ2n) is 5.35. The summed E-state index contributed by atoms with van der Waals surface area (Å²) >= 11 is 1.73. The molecule has 16 heavy (non-hydrogen) atoms. The summed E-state index contributed by atoms with van der Waals surface area (Å²) in [6, 6.07) is 0. The number of thiazole rings is 1. The van der Waals surface area contributed by atoms with Crippen LogP contribution >= 0.6 is 11.3 Å². The smallest absolute Gasteiger partial charge is 0.0811 e. The maximum absolute atomic E-state index is 4.45. The van der Waals surface area contributed by atoms with Gasteiger partial charge in [-0.15, -0.1) is 11.3 Å². The third-order valence-electron chi connectivity index (χ3n) is 3.43. The van der Waals surface area contributed by atoms with E-state index in [1.165, 1.54) is 15.7 Å². The lowest BCUT2D eigenvalue weighted by Crippen LogP contribution is -2.22. The van der Waals surface area contributed by atoms with Crippen LogP contribution in [0.2, 0.25) is 0 Å². The third-order valence-corrected chi connectivity index (χ3v) is 4.22. The molecule has 0 atom stereocenters. The SMILES string of the molecule is CC1=C(C(C)C)C=c2ncsc2=CC1(C)C. The maximum atomic E-state index is 4.45. The molecule has 2 heteroatoms. The average molecular weight is 233 g/mol. The van der Waals surface area contributed by atoms with Gasteiger partial charge in [-0.25, -0.2) is 4.98 Å². The summed E-state index contributed by atoms with van der Waals surface area (Å²) in [6.45, 7) is 11.3. The Bertz CT molecular complexity index is 544. The normalized spacial score (nSPS) is 18.9. The van der Waals surface area contributed by atoms with Gasteiger partial charge < -0.3 is 0 Å². The zero-order chi connectivity index (χ0) is 11.9. The van der Waals surface area contributed by atoms with Crippen LogP contribution < -0.4 is 9.88 Å². The summed E-state index contributed by atoms with van der Waals surface area (Å²) in [6.07, 6.45) is 4.61. The van der Waals surface area contributed by atoms with Crippen LogP contribution in [0.1, 0.15) is 34.6 Å². The van der Waals surface area contributed by atoms with E-state index in [0.29, 0.717) is 5.92 Å². The second-order valence-corrected chi connectivity index (χ2v) is 6.23. The molecule has 0 aromatic carbocycles. The molecule has 0 bridgehead atoms.